The molecule has 0 aromatic carbocycles. The SMILES string of the molecule is C=CN1C(=C)C=C(C=O)C(C)=C1C(C)O. The lowest BCUT2D eigenvalue weighted by molar-refractivity contribution is -0.104. The predicted molar refractivity (Wildman–Crippen MR) is 59.7 cm³/mol. The van der Waals surface area contributed by atoms with E-state index in [1.807, 2.05) is 0 Å². The third-order valence-corrected chi connectivity index (χ3v) is 2.41. The third kappa shape index (κ3) is 1.92. The summed E-state index contributed by atoms with van der Waals surface area (Å²) in [4.78, 5) is 12.5. The molecule has 0 aromatic heterocycles. The second-order valence-electron chi connectivity index (χ2n) is 3.45. The van der Waals surface area contributed by atoms with E-state index < -0.39 is 6.10 Å². The molecule has 0 saturated heterocycles. The van der Waals surface area contributed by atoms with Crippen LogP contribution < -0.4 is 0 Å². The van der Waals surface area contributed by atoms with E-state index in [0.717, 1.165) is 11.9 Å². The van der Waals surface area contributed by atoms with Crippen LogP contribution in [0.1, 0.15) is 13.8 Å². The van der Waals surface area contributed by atoms with Crippen molar-refractivity contribution in [2.45, 2.75) is 20.0 Å². The first kappa shape index (κ1) is 11.5. The van der Waals surface area contributed by atoms with Crippen molar-refractivity contribution in [2.75, 3.05) is 0 Å². The van der Waals surface area contributed by atoms with Gasteiger partial charge in [0, 0.05) is 17.5 Å². The van der Waals surface area contributed by atoms with Gasteiger partial charge in [0.2, 0.25) is 0 Å². The smallest absolute Gasteiger partial charge is 0.150 e. The van der Waals surface area contributed by atoms with E-state index in [-0.39, 0.29) is 0 Å². The molecule has 0 amide bonds. The zero-order valence-corrected chi connectivity index (χ0v) is 9.03. The van der Waals surface area contributed by atoms with Gasteiger partial charge in [-0.15, -0.1) is 0 Å². The fourth-order valence-corrected chi connectivity index (χ4v) is 1.69. The summed E-state index contributed by atoms with van der Waals surface area (Å²) in [5.74, 6) is 0. The Labute approximate surface area is 89.7 Å². The molecule has 1 aliphatic rings. The van der Waals surface area contributed by atoms with Crippen molar-refractivity contribution in [2.24, 2.45) is 0 Å². The molecule has 0 bridgehead atoms. The number of carbonyl (C=O) groups is 1. The Morgan fingerprint density at radius 1 is 1.60 bits per heavy atom. The summed E-state index contributed by atoms with van der Waals surface area (Å²) in [6.45, 7) is 10.9. The number of aliphatic hydroxyl groups excluding tert-OH is 1. The van der Waals surface area contributed by atoms with Crippen LogP contribution in [0.3, 0.4) is 0 Å². The quantitative estimate of drug-likeness (QED) is 0.713. The van der Waals surface area contributed by atoms with Gasteiger partial charge in [-0.25, -0.2) is 0 Å². The normalized spacial score (nSPS) is 18.7. The molecule has 15 heavy (non-hydrogen) atoms. The fourth-order valence-electron chi connectivity index (χ4n) is 1.69. The molecule has 1 heterocycles. The number of aliphatic hydroxyl groups is 1. The van der Waals surface area contributed by atoms with Crippen molar-refractivity contribution >= 4 is 6.29 Å². The van der Waals surface area contributed by atoms with Crippen LogP contribution in [0, 0.1) is 0 Å². The molecule has 0 saturated carbocycles. The Balaban J connectivity index is 3.33. The molecule has 0 aromatic rings. The summed E-state index contributed by atoms with van der Waals surface area (Å²) < 4.78 is 0. The Bertz CT molecular complexity index is 375. The van der Waals surface area contributed by atoms with E-state index in [2.05, 4.69) is 13.2 Å². The first-order chi connectivity index (χ1) is 7.02. The molecule has 1 unspecified atom stereocenters. The number of hydrogen-bond donors (Lipinski definition) is 1. The van der Waals surface area contributed by atoms with Gasteiger partial charge in [-0.05, 0) is 25.5 Å². The Hall–Kier alpha value is -1.61. The van der Waals surface area contributed by atoms with Gasteiger partial charge in [-0.2, -0.15) is 0 Å². The van der Waals surface area contributed by atoms with Gasteiger partial charge in [0.05, 0.1) is 11.8 Å². The Morgan fingerprint density at radius 3 is 2.60 bits per heavy atom. The molecule has 1 rings (SSSR count). The molecule has 1 N–H and O–H groups in total. The van der Waals surface area contributed by atoms with Gasteiger partial charge in [-0.1, -0.05) is 13.2 Å². The lowest BCUT2D eigenvalue weighted by atomic mass is 9.98. The maximum atomic E-state index is 10.8. The molecule has 80 valence electrons. The molecule has 0 fully saturated rings. The molecule has 0 aliphatic carbocycles. The maximum absolute atomic E-state index is 10.8. The molecule has 0 spiro atoms. The van der Waals surface area contributed by atoms with E-state index in [1.165, 1.54) is 0 Å². The summed E-state index contributed by atoms with van der Waals surface area (Å²) >= 11 is 0. The number of rotatable bonds is 3. The van der Waals surface area contributed by atoms with Crippen LogP contribution in [0.2, 0.25) is 0 Å². The maximum Gasteiger partial charge on any atom is 0.150 e. The van der Waals surface area contributed by atoms with E-state index in [4.69, 9.17) is 0 Å². The zero-order chi connectivity index (χ0) is 11.6. The average Bonchev–Trinajstić information content (AvgIpc) is 2.19. The van der Waals surface area contributed by atoms with Crippen molar-refractivity contribution in [1.29, 1.82) is 0 Å². The van der Waals surface area contributed by atoms with Gasteiger partial charge in [-0.3, -0.25) is 4.79 Å². The summed E-state index contributed by atoms with van der Waals surface area (Å²) in [5, 5.41) is 9.65. The van der Waals surface area contributed by atoms with E-state index in [9.17, 15) is 9.90 Å². The lowest BCUT2D eigenvalue weighted by Crippen LogP contribution is -2.27. The van der Waals surface area contributed by atoms with Crippen molar-refractivity contribution in [3.05, 3.63) is 48.0 Å². The van der Waals surface area contributed by atoms with Crippen LogP contribution in [-0.2, 0) is 4.79 Å². The fraction of sp³-hybridized carbons (Fsp3) is 0.250. The number of nitrogens with zero attached hydrogens (tertiary/aromatic N) is 1. The van der Waals surface area contributed by atoms with Crippen molar-refractivity contribution in [3.8, 4) is 0 Å². The van der Waals surface area contributed by atoms with Gasteiger partial charge in [0.25, 0.3) is 0 Å². The van der Waals surface area contributed by atoms with E-state index >= 15 is 0 Å². The van der Waals surface area contributed by atoms with Gasteiger partial charge < -0.3 is 10.0 Å². The van der Waals surface area contributed by atoms with Crippen LogP contribution in [0.5, 0.6) is 0 Å². The topological polar surface area (TPSA) is 40.5 Å². The highest BCUT2D eigenvalue weighted by atomic mass is 16.3. The number of aldehydes is 1. The van der Waals surface area contributed by atoms with E-state index in [0.29, 0.717) is 17.0 Å². The summed E-state index contributed by atoms with van der Waals surface area (Å²) in [6, 6.07) is 0. The van der Waals surface area contributed by atoms with Crippen LogP contribution in [-0.4, -0.2) is 22.4 Å². The standard InChI is InChI=1S/C12H15NO2/c1-5-13-8(2)6-11(7-14)9(3)12(13)10(4)15/h5-7,10,15H,1-2H2,3-4H3. The third-order valence-electron chi connectivity index (χ3n) is 2.41. The molecular formula is C12H15NO2. The molecule has 3 heteroatoms. The summed E-state index contributed by atoms with van der Waals surface area (Å²) in [7, 11) is 0. The first-order valence-corrected chi connectivity index (χ1v) is 4.69. The van der Waals surface area contributed by atoms with Gasteiger partial charge >= 0.3 is 0 Å². The average molecular weight is 205 g/mol. The van der Waals surface area contributed by atoms with Crippen molar-refractivity contribution < 1.29 is 9.90 Å². The zero-order valence-electron chi connectivity index (χ0n) is 9.03. The Morgan fingerprint density at radius 2 is 2.20 bits per heavy atom. The van der Waals surface area contributed by atoms with Crippen molar-refractivity contribution in [1.82, 2.24) is 4.90 Å². The van der Waals surface area contributed by atoms with Gasteiger partial charge in [0.1, 0.15) is 6.29 Å². The highest BCUT2D eigenvalue weighted by Crippen LogP contribution is 2.29. The molecule has 3 nitrogen and oxygen atoms in total. The van der Waals surface area contributed by atoms with Crippen LogP contribution in [0.15, 0.2) is 48.0 Å². The lowest BCUT2D eigenvalue weighted by Gasteiger charge is -2.31. The van der Waals surface area contributed by atoms with Crippen LogP contribution in [0.4, 0.5) is 0 Å². The largest absolute Gasteiger partial charge is 0.387 e. The van der Waals surface area contributed by atoms with Crippen LogP contribution in [0.25, 0.3) is 0 Å². The molecule has 0 radical (unpaired) electrons. The summed E-state index contributed by atoms with van der Waals surface area (Å²) in [5.41, 5.74) is 2.59. The minimum Gasteiger partial charge on any atom is -0.387 e. The monoisotopic (exact) mass is 205 g/mol. The van der Waals surface area contributed by atoms with Crippen LogP contribution >= 0.6 is 0 Å². The molecule has 1 atom stereocenters. The van der Waals surface area contributed by atoms with Gasteiger partial charge in [0.15, 0.2) is 0 Å². The molecule has 1 aliphatic heterocycles. The Kier molecular flexibility index (Phi) is 3.27. The highest BCUT2D eigenvalue weighted by Gasteiger charge is 2.22. The first-order valence-electron chi connectivity index (χ1n) is 4.69. The second-order valence-corrected chi connectivity index (χ2v) is 3.45. The number of hydrogen-bond acceptors (Lipinski definition) is 3. The number of allylic oxidation sites excluding steroid dienone is 3. The minimum absolute atomic E-state index is 0.550. The van der Waals surface area contributed by atoms with E-state index in [1.54, 1.807) is 31.0 Å². The predicted octanol–water partition coefficient (Wildman–Crippen LogP) is 1.74. The number of carbonyl (C=O) groups excluding carboxylic acids is 1. The molecular weight excluding hydrogens is 190 g/mol. The van der Waals surface area contributed by atoms with Crippen molar-refractivity contribution in [3.63, 3.8) is 0 Å². The second kappa shape index (κ2) is 4.28. The summed E-state index contributed by atoms with van der Waals surface area (Å²) in [6.07, 6.45) is 3.36. The highest BCUT2D eigenvalue weighted by molar-refractivity contribution is 5.82. The minimum atomic E-state index is -0.664.